The van der Waals surface area contributed by atoms with E-state index in [1.807, 2.05) is 41.8 Å². The molecule has 1 saturated carbocycles. The third kappa shape index (κ3) is 5.20. The summed E-state index contributed by atoms with van der Waals surface area (Å²) in [7, 11) is 1.57. The number of hydrogen-bond acceptors (Lipinski definition) is 7. The normalized spacial score (nSPS) is 13.9. The lowest BCUT2D eigenvalue weighted by Gasteiger charge is -2.12. The van der Waals surface area contributed by atoms with Crippen molar-refractivity contribution in [1.82, 2.24) is 29.3 Å². The van der Waals surface area contributed by atoms with Gasteiger partial charge in [-0.05, 0) is 61.7 Å². The van der Waals surface area contributed by atoms with Gasteiger partial charge in [-0.15, -0.1) is 0 Å². The van der Waals surface area contributed by atoms with E-state index in [0.29, 0.717) is 56.5 Å². The van der Waals surface area contributed by atoms with E-state index in [1.54, 1.807) is 19.2 Å². The summed E-state index contributed by atoms with van der Waals surface area (Å²) in [6.45, 7) is 2.58. The molecule has 0 aliphatic heterocycles. The van der Waals surface area contributed by atoms with Crippen LogP contribution in [-0.2, 0) is 20.2 Å². The van der Waals surface area contributed by atoms with Crippen molar-refractivity contribution in [1.29, 1.82) is 0 Å². The lowest BCUT2D eigenvalue weighted by atomic mass is 10.2. The Morgan fingerprint density at radius 2 is 1.95 bits per heavy atom. The van der Waals surface area contributed by atoms with Crippen molar-refractivity contribution >= 4 is 40.3 Å². The molecule has 3 aromatic heterocycles. The molecule has 2 aromatic carbocycles. The third-order valence-electron chi connectivity index (χ3n) is 6.74. The fourth-order valence-corrected chi connectivity index (χ4v) is 4.86. The van der Waals surface area contributed by atoms with Crippen LogP contribution >= 0.6 is 23.2 Å². The number of carboxylic acids is 1. The van der Waals surface area contributed by atoms with Crippen molar-refractivity contribution < 1.29 is 19.4 Å². The highest BCUT2D eigenvalue weighted by molar-refractivity contribution is 6.33. The second-order valence-corrected chi connectivity index (χ2v) is 10.8. The first-order valence-corrected chi connectivity index (χ1v) is 13.3. The molecule has 0 unspecified atom stereocenters. The number of benzene rings is 2. The van der Waals surface area contributed by atoms with E-state index >= 15 is 0 Å². The van der Waals surface area contributed by atoms with Crippen LogP contribution in [0.15, 0.2) is 54.9 Å². The first-order chi connectivity index (χ1) is 19.2. The van der Waals surface area contributed by atoms with Gasteiger partial charge in [0.05, 0.1) is 11.6 Å². The van der Waals surface area contributed by atoms with E-state index in [9.17, 15) is 9.90 Å². The summed E-state index contributed by atoms with van der Waals surface area (Å²) in [6, 6.07) is 14.4. The fraction of sp³-hybridized carbons (Fsp3) is 0.250. The summed E-state index contributed by atoms with van der Waals surface area (Å²) in [5.41, 5.74) is 3.12. The zero-order valence-corrected chi connectivity index (χ0v) is 23.1. The van der Waals surface area contributed by atoms with Gasteiger partial charge < -0.3 is 19.1 Å². The van der Waals surface area contributed by atoms with Crippen LogP contribution in [-0.4, -0.2) is 46.0 Å². The maximum Gasteiger partial charge on any atom is 0.354 e. The molecule has 5 aromatic rings. The summed E-state index contributed by atoms with van der Waals surface area (Å²) < 4.78 is 15.3. The number of carbonyl (C=O) groups is 1. The largest absolute Gasteiger partial charge is 0.487 e. The Morgan fingerprint density at radius 3 is 2.65 bits per heavy atom. The molecule has 204 valence electrons. The summed E-state index contributed by atoms with van der Waals surface area (Å²) in [4.78, 5) is 25.1. The summed E-state index contributed by atoms with van der Waals surface area (Å²) in [6.07, 6.45) is 3.39. The number of halogens is 2. The minimum atomic E-state index is -1.06. The number of rotatable bonds is 9. The van der Waals surface area contributed by atoms with Crippen LogP contribution in [0, 0.1) is 0 Å². The monoisotopic (exact) mass is 578 g/mol. The number of carboxylic acid groups (broad SMARTS) is 1. The quantitative estimate of drug-likeness (QED) is 0.233. The van der Waals surface area contributed by atoms with Gasteiger partial charge in [-0.3, -0.25) is 4.68 Å². The molecule has 0 bridgehead atoms. The standard InChI is InChI=1S/C28H24Cl2N6O4/c1-28(8-9-28)40-26-23-25(31-15-32-26)36(13-16-4-3-5-17(29)10-16)24(33-23)20-7-6-19(12-21(20)30)39-14-18-11-22(27(37)38)35(2)34-18/h3-7,10-12,15H,8-9,13-14H2,1-2H3,(H,37,38). The molecule has 12 heteroatoms. The number of hydrogen-bond donors (Lipinski definition) is 1. The van der Waals surface area contributed by atoms with E-state index in [-0.39, 0.29) is 17.9 Å². The third-order valence-corrected chi connectivity index (χ3v) is 7.29. The zero-order chi connectivity index (χ0) is 28.0. The van der Waals surface area contributed by atoms with Crippen LogP contribution in [0.4, 0.5) is 0 Å². The maximum absolute atomic E-state index is 11.3. The molecule has 3 heterocycles. The molecule has 6 rings (SSSR count). The number of fused-ring (bicyclic) bond motifs is 1. The highest BCUT2D eigenvalue weighted by atomic mass is 35.5. The number of ether oxygens (including phenoxy) is 2. The van der Waals surface area contributed by atoms with Gasteiger partial charge in [0.15, 0.2) is 11.2 Å². The number of nitrogens with zero attached hydrogens (tertiary/aromatic N) is 6. The Hall–Kier alpha value is -4.15. The van der Waals surface area contributed by atoms with E-state index in [2.05, 4.69) is 15.1 Å². The second-order valence-electron chi connectivity index (χ2n) is 9.93. The van der Waals surface area contributed by atoms with Crippen molar-refractivity contribution in [3.8, 4) is 23.0 Å². The van der Waals surface area contributed by atoms with Gasteiger partial charge in [-0.1, -0.05) is 35.3 Å². The maximum atomic E-state index is 11.3. The summed E-state index contributed by atoms with van der Waals surface area (Å²) in [5, 5.41) is 14.5. The molecule has 1 fully saturated rings. The summed E-state index contributed by atoms with van der Waals surface area (Å²) >= 11 is 13.0. The van der Waals surface area contributed by atoms with Crippen molar-refractivity contribution in [3.05, 3.63) is 81.9 Å². The SMILES string of the molecule is Cn1nc(COc2ccc(-c3nc4c(OC5(C)CC5)ncnc4n3Cc3cccc(Cl)c3)c(Cl)c2)cc1C(=O)O. The van der Waals surface area contributed by atoms with Crippen LogP contribution in [0.5, 0.6) is 11.6 Å². The molecule has 0 saturated heterocycles. The first kappa shape index (κ1) is 26.1. The number of imidazole rings is 1. The predicted octanol–water partition coefficient (Wildman–Crippen LogP) is 5.79. The summed E-state index contributed by atoms with van der Waals surface area (Å²) in [5.74, 6) is 0.468. The average Bonchev–Trinajstić information content (AvgIpc) is 3.34. The molecular formula is C28H24Cl2N6O4. The van der Waals surface area contributed by atoms with Gasteiger partial charge in [0, 0.05) is 17.6 Å². The van der Waals surface area contributed by atoms with Crippen LogP contribution in [0.25, 0.3) is 22.6 Å². The van der Waals surface area contributed by atoms with Crippen molar-refractivity contribution in [3.63, 3.8) is 0 Å². The van der Waals surface area contributed by atoms with Crippen molar-refractivity contribution in [2.24, 2.45) is 7.05 Å². The second kappa shape index (κ2) is 10.1. The van der Waals surface area contributed by atoms with E-state index in [1.165, 1.54) is 17.1 Å². The molecule has 0 radical (unpaired) electrons. The molecule has 10 nitrogen and oxygen atoms in total. The first-order valence-electron chi connectivity index (χ1n) is 12.5. The Kier molecular flexibility index (Phi) is 6.59. The molecule has 40 heavy (non-hydrogen) atoms. The number of aromatic nitrogens is 6. The topological polar surface area (TPSA) is 117 Å². The van der Waals surface area contributed by atoms with Gasteiger partial charge in [-0.2, -0.15) is 10.1 Å². The minimum absolute atomic E-state index is 0.0766. The predicted molar refractivity (Wildman–Crippen MR) is 149 cm³/mol. The lowest BCUT2D eigenvalue weighted by molar-refractivity contribution is 0.0685. The Balaban J connectivity index is 1.36. The molecule has 1 N–H and O–H groups in total. The number of aryl methyl sites for hydroxylation is 1. The molecule has 0 atom stereocenters. The minimum Gasteiger partial charge on any atom is -0.487 e. The van der Waals surface area contributed by atoms with Crippen LogP contribution in [0.3, 0.4) is 0 Å². The van der Waals surface area contributed by atoms with Crippen molar-refractivity contribution in [2.75, 3.05) is 0 Å². The van der Waals surface area contributed by atoms with Gasteiger partial charge in [0.1, 0.15) is 41.5 Å². The molecular weight excluding hydrogens is 555 g/mol. The van der Waals surface area contributed by atoms with Gasteiger partial charge in [0.25, 0.3) is 0 Å². The zero-order valence-electron chi connectivity index (χ0n) is 21.6. The van der Waals surface area contributed by atoms with E-state index in [0.717, 1.165) is 18.4 Å². The smallest absolute Gasteiger partial charge is 0.354 e. The molecule has 0 spiro atoms. The molecule has 0 amide bonds. The number of aromatic carboxylic acids is 1. The Morgan fingerprint density at radius 1 is 1.12 bits per heavy atom. The van der Waals surface area contributed by atoms with E-state index < -0.39 is 5.97 Å². The van der Waals surface area contributed by atoms with Crippen LogP contribution in [0.1, 0.15) is 41.5 Å². The van der Waals surface area contributed by atoms with E-state index in [4.69, 9.17) is 37.7 Å². The van der Waals surface area contributed by atoms with Crippen molar-refractivity contribution in [2.45, 2.75) is 38.5 Å². The van der Waals surface area contributed by atoms with Crippen LogP contribution < -0.4 is 9.47 Å². The Bertz CT molecular complexity index is 1760. The molecule has 1 aliphatic carbocycles. The van der Waals surface area contributed by atoms with Crippen LogP contribution in [0.2, 0.25) is 10.0 Å². The molecule has 1 aliphatic rings. The fourth-order valence-electron chi connectivity index (χ4n) is 4.40. The highest BCUT2D eigenvalue weighted by Gasteiger charge is 2.41. The van der Waals surface area contributed by atoms with Gasteiger partial charge in [-0.25, -0.2) is 14.8 Å². The Labute approximate surface area is 239 Å². The van der Waals surface area contributed by atoms with Gasteiger partial charge in [0.2, 0.25) is 5.88 Å². The van der Waals surface area contributed by atoms with Gasteiger partial charge >= 0.3 is 5.97 Å². The highest BCUT2D eigenvalue weighted by Crippen LogP contribution is 2.41. The lowest BCUT2D eigenvalue weighted by Crippen LogP contribution is -2.13. The average molecular weight is 579 g/mol.